The first-order chi connectivity index (χ1) is 16.2. The average Bonchev–Trinajstić information content (AvgIpc) is 3.24. The van der Waals surface area contributed by atoms with Gasteiger partial charge in [-0.25, -0.2) is 4.98 Å². The van der Waals surface area contributed by atoms with Gasteiger partial charge in [0, 0.05) is 11.1 Å². The number of furan rings is 1. The number of rotatable bonds is 6. The van der Waals surface area contributed by atoms with Gasteiger partial charge in [0.1, 0.15) is 16.8 Å². The second-order valence-corrected chi connectivity index (χ2v) is 8.46. The lowest BCUT2D eigenvalue weighted by molar-refractivity contribution is 0.414. The summed E-state index contributed by atoms with van der Waals surface area (Å²) in [5.74, 6) is 1.29. The summed E-state index contributed by atoms with van der Waals surface area (Å²) in [6, 6.07) is 24.7. The molecule has 2 heterocycles. The number of ether oxygens (including phenoxy) is 1. The first kappa shape index (κ1) is 20.9. The first-order valence-electron chi connectivity index (χ1n) is 10.3. The number of thioether (sulfide) groups is 1. The van der Waals surface area contributed by atoms with Crippen LogP contribution in [-0.2, 0) is 12.3 Å². The first-order valence-corrected chi connectivity index (χ1v) is 11.3. The van der Waals surface area contributed by atoms with E-state index in [-0.39, 0.29) is 11.1 Å². The minimum absolute atomic E-state index is 0.229. The number of methoxy groups -OCH3 is 1. The fourth-order valence-corrected chi connectivity index (χ4v) is 4.67. The predicted octanol–water partition coefficient (Wildman–Crippen LogP) is 5.36. The van der Waals surface area contributed by atoms with Crippen LogP contribution in [0.2, 0.25) is 0 Å². The molecule has 0 aliphatic carbocycles. The number of benzene rings is 3. The molecule has 0 unspecified atom stereocenters. The molecule has 0 atom stereocenters. The molecule has 0 spiro atoms. The van der Waals surface area contributed by atoms with Gasteiger partial charge in [-0.2, -0.15) is 5.26 Å². The molecular formula is C26H19N3O3S. The minimum Gasteiger partial charge on any atom is -0.497 e. The van der Waals surface area contributed by atoms with Gasteiger partial charge in [0.15, 0.2) is 5.16 Å². The van der Waals surface area contributed by atoms with Gasteiger partial charge < -0.3 is 9.15 Å². The molecule has 7 heteroatoms. The molecule has 0 aliphatic rings. The van der Waals surface area contributed by atoms with Crippen molar-refractivity contribution in [3.63, 3.8) is 0 Å². The lowest BCUT2D eigenvalue weighted by Gasteiger charge is -2.12. The maximum absolute atomic E-state index is 13.5. The van der Waals surface area contributed by atoms with Crippen molar-refractivity contribution in [3.05, 3.63) is 99.8 Å². The van der Waals surface area contributed by atoms with E-state index in [2.05, 4.69) is 6.07 Å². The van der Waals surface area contributed by atoms with Crippen LogP contribution in [0.4, 0.5) is 0 Å². The van der Waals surface area contributed by atoms with E-state index in [1.54, 1.807) is 17.7 Å². The Morgan fingerprint density at radius 2 is 1.88 bits per heavy atom. The number of fused-ring (bicyclic) bond motifs is 3. The molecule has 0 N–H and O–H groups in total. The smallest absolute Gasteiger partial charge is 0.298 e. The molecule has 2 aromatic heterocycles. The van der Waals surface area contributed by atoms with Crippen molar-refractivity contribution in [3.8, 4) is 11.8 Å². The zero-order valence-corrected chi connectivity index (χ0v) is 18.6. The fraction of sp³-hybridized carbons (Fsp3) is 0.115. The lowest BCUT2D eigenvalue weighted by Crippen LogP contribution is -2.23. The SMILES string of the molecule is COc1cccc(Cn2c(SCc3cccc(C#N)c3)nc3c(oc4ccccc43)c2=O)c1. The van der Waals surface area contributed by atoms with E-state index in [0.717, 1.165) is 22.3 Å². The van der Waals surface area contributed by atoms with Crippen LogP contribution in [0.25, 0.3) is 22.1 Å². The molecule has 0 aliphatic heterocycles. The molecule has 3 aromatic carbocycles. The molecule has 0 saturated heterocycles. The van der Waals surface area contributed by atoms with Crippen LogP contribution in [0.5, 0.6) is 5.75 Å². The summed E-state index contributed by atoms with van der Waals surface area (Å²) in [6.07, 6.45) is 0. The van der Waals surface area contributed by atoms with Crippen LogP contribution in [0.3, 0.4) is 0 Å². The summed E-state index contributed by atoms with van der Waals surface area (Å²) in [5.41, 5.74) is 3.72. The second-order valence-electron chi connectivity index (χ2n) is 7.51. The average molecular weight is 454 g/mol. The quantitative estimate of drug-likeness (QED) is 0.254. The standard InChI is InChI=1S/C26H19N3O3S/c1-31-20-9-5-7-18(13-20)15-29-25(30)24-23(21-10-2-3-11-22(21)32-24)28-26(29)33-16-19-8-4-6-17(12-19)14-27/h2-13H,15-16H2,1H3. The van der Waals surface area contributed by atoms with E-state index in [1.165, 1.54) is 11.8 Å². The molecule has 6 nitrogen and oxygen atoms in total. The monoisotopic (exact) mass is 453 g/mol. The fourth-order valence-electron chi connectivity index (χ4n) is 3.73. The van der Waals surface area contributed by atoms with E-state index in [4.69, 9.17) is 14.1 Å². The minimum atomic E-state index is -0.229. The highest BCUT2D eigenvalue weighted by molar-refractivity contribution is 7.98. The maximum Gasteiger partial charge on any atom is 0.298 e. The lowest BCUT2D eigenvalue weighted by atomic mass is 10.2. The van der Waals surface area contributed by atoms with Gasteiger partial charge in [-0.1, -0.05) is 48.2 Å². The van der Waals surface area contributed by atoms with Gasteiger partial charge in [-0.05, 0) is 47.5 Å². The van der Waals surface area contributed by atoms with E-state index in [1.807, 2.05) is 66.7 Å². The number of hydrogen-bond donors (Lipinski definition) is 0. The van der Waals surface area contributed by atoms with E-state index in [9.17, 15) is 10.1 Å². The van der Waals surface area contributed by atoms with Crippen LogP contribution >= 0.6 is 11.8 Å². The van der Waals surface area contributed by atoms with E-state index < -0.39 is 0 Å². The Kier molecular flexibility index (Phi) is 5.59. The molecule has 0 saturated carbocycles. The Morgan fingerprint density at radius 1 is 1.06 bits per heavy atom. The third-order valence-corrected chi connectivity index (χ3v) is 6.39. The zero-order valence-electron chi connectivity index (χ0n) is 17.8. The molecule has 5 rings (SSSR count). The highest BCUT2D eigenvalue weighted by atomic mass is 32.2. The molecule has 33 heavy (non-hydrogen) atoms. The van der Waals surface area contributed by atoms with Gasteiger partial charge >= 0.3 is 0 Å². The summed E-state index contributed by atoms with van der Waals surface area (Å²) in [6.45, 7) is 0.330. The van der Waals surface area contributed by atoms with Crippen LogP contribution in [0, 0.1) is 11.3 Å². The van der Waals surface area contributed by atoms with Crippen molar-refractivity contribution in [1.29, 1.82) is 5.26 Å². The molecule has 0 bridgehead atoms. The normalized spacial score (nSPS) is 11.0. The van der Waals surface area contributed by atoms with Crippen molar-refractivity contribution in [2.45, 2.75) is 17.5 Å². The number of aromatic nitrogens is 2. The molecule has 162 valence electrons. The molecular weight excluding hydrogens is 434 g/mol. The van der Waals surface area contributed by atoms with Crippen LogP contribution in [0.15, 0.2) is 87.2 Å². The number of hydrogen-bond acceptors (Lipinski definition) is 6. The maximum atomic E-state index is 13.5. The predicted molar refractivity (Wildman–Crippen MR) is 129 cm³/mol. The largest absolute Gasteiger partial charge is 0.497 e. The highest BCUT2D eigenvalue weighted by Gasteiger charge is 2.18. The van der Waals surface area contributed by atoms with Crippen molar-refractivity contribution < 1.29 is 9.15 Å². The Bertz CT molecular complexity index is 1580. The third kappa shape index (κ3) is 4.09. The number of para-hydroxylation sites is 1. The van der Waals surface area contributed by atoms with Crippen LogP contribution < -0.4 is 10.3 Å². The van der Waals surface area contributed by atoms with Crippen molar-refractivity contribution in [2.75, 3.05) is 7.11 Å². The number of nitrogens with zero attached hydrogens (tertiary/aromatic N) is 3. The summed E-state index contributed by atoms with van der Waals surface area (Å²) in [4.78, 5) is 18.4. The molecule has 5 aromatic rings. The third-order valence-electron chi connectivity index (χ3n) is 5.35. The summed E-state index contributed by atoms with van der Waals surface area (Å²) in [7, 11) is 1.62. The van der Waals surface area contributed by atoms with Gasteiger partial charge in [0.05, 0.1) is 25.3 Å². The van der Waals surface area contributed by atoms with Crippen molar-refractivity contribution >= 4 is 33.8 Å². The molecule has 0 amide bonds. The summed E-state index contributed by atoms with van der Waals surface area (Å²) < 4.78 is 12.9. The number of nitriles is 1. The molecule has 0 radical (unpaired) electrons. The van der Waals surface area contributed by atoms with Gasteiger partial charge in [0.25, 0.3) is 5.56 Å². The topological polar surface area (TPSA) is 81.1 Å². The van der Waals surface area contributed by atoms with Gasteiger partial charge in [-0.15, -0.1) is 0 Å². The Morgan fingerprint density at radius 3 is 2.73 bits per heavy atom. The Hall–Kier alpha value is -4.02. The van der Waals surface area contributed by atoms with Gasteiger partial charge in [-0.3, -0.25) is 9.36 Å². The van der Waals surface area contributed by atoms with Crippen LogP contribution in [0.1, 0.15) is 16.7 Å². The van der Waals surface area contributed by atoms with Crippen molar-refractivity contribution in [1.82, 2.24) is 9.55 Å². The van der Waals surface area contributed by atoms with Gasteiger partial charge in [0.2, 0.25) is 5.58 Å². The Balaban J connectivity index is 1.62. The summed E-state index contributed by atoms with van der Waals surface area (Å²) >= 11 is 1.46. The second kappa shape index (κ2) is 8.85. The van der Waals surface area contributed by atoms with E-state index >= 15 is 0 Å². The van der Waals surface area contributed by atoms with Crippen LogP contribution in [-0.4, -0.2) is 16.7 Å². The van der Waals surface area contributed by atoms with E-state index in [0.29, 0.717) is 34.1 Å². The summed E-state index contributed by atoms with van der Waals surface area (Å²) in [5, 5.41) is 10.6. The van der Waals surface area contributed by atoms with Crippen molar-refractivity contribution in [2.24, 2.45) is 0 Å². The highest BCUT2D eigenvalue weighted by Crippen LogP contribution is 2.29. The molecule has 0 fully saturated rings. The Labute approximate surface area is 194 Å². The zero-order chi connectivity index (χ0) is 22.8.